The molecule has 5 nitrogen and oxygen atoms in total. The molecule has 276 valence electrons. The number of fused-ring (bicyclic) bond motifs is 5. The zero-order valence-corrected chi connectivity index (χ0v) is 31.9. The molecule has 5 aliphatic rings. The first-order valence-electron chi connectivity index (χ1n) is 21.0. The van der Waals surface area contributed by atoms with Crippen LogP contribution in [-0.2, 0) is 14.2 Å². The number of carbonyl (C=O) groups is 1. The molecule has 3 aliphatic carbocycles. The van der Waals surface area contributed by atoms with Gasteiger partial charge < -0.3 is 18.9 Å². The van der Waals surface area contributed by atoms with Crippen LogP contribution in [0.15, 0.2) is 18.2 Å². The lowest BCUT2D eigenvalue weighted by Gasteiger charge is -2.53. The summed E-state index contributed by atoms with van der Waals surface area (Å²) in [4.78, 5) is 14.7. The summed E-state index contributed by atoms with van der Waals surface area (Å²) < 4.78 is 25.1. The summed E-state index contributed by atoms with van der Waals surface area (Å²) in [5.41, 5.74) is 2.32. The molecule has 0 aromatic heterocycles. The molecule has 5 heteroatoms. The van der Waals surface area contributed by atoms with E-state index < -0.39 is 0 Å². The van der Waals surface area contributed by atoms with E-state index in [-0.39, 0.29) is 30.0 Å². The van der Waals surface area contributed by atoms with Crippen molar-refractivity contribution in [3.05, 3.63) is 29.3 Å². The Hall–Kier alpha value is -1.43. The van der Waals surface area contributed by atoms with E-state index in [1.807, 2.05) is 0 Å². The van der Waals surface area contributed by atoms with Crippen molar-refractivity contribution in [2.75, 3.05) is 13.2 Å². The third-order valence-corrected chi connectivity index (χ3v) is 13.7. The van der Waals surface area contributed by atoms with Gasteiger partial charge in [0.15, 0.2) is 18.4 Å². The van der Waals surface area contributed by atoms with Crippen molar-refractivity contribution in [1.82, 2.24) is 0 Å². The predicted octanol–water partition coefficient (Wildman–Crippen LogP) is 11.7. The van der Waals surface area contributed by atoms with E-state index in [1.54, 1.807) is 0 Å². The van der Waals surface area contributed by atoms with E-state index >= 15 is 0 Å². The van der Waals surface area contributed by atoms with Crippen LogP contribution in [0.2, 0.25) is 0 Å². The van der Waals surface area contributed by atoms with E-state index in [0.717, 1.165) is 106 Å². The van der Waals surface area contributed by atoms with Gasteiger partial charge in [0.05, 0.1) is 12.7 Å². The molecule has 10 atom stereocenters. The first-order chi connectivity index (χ1) is 23.7. The van der Waals surface area contributed by atoms with Gasteiger partial charge >= 0.3 is 0 Å². The Bertz CT molecular complexity index is 1180. The molecule has 2 aliphatic heterocycles. The highest BCUT2D eigenvalue weighted by Gasteiger charge is 2.59. The maximum absolute atomic E-state index is 14.7. The maximum atomic E-state index is 14.7. The fourth-order valence-corrected chi connectivity index (χ4v) is 10.8. The van der Waals surface area contributed by atoms with Gasteiger partial charge in [-0.15, -0.1) is 0 Å². The minimum atomic E-state index is -0.197. The highest BCUT2D eigenvalue weighted by Crippen LogP contribution is 2.63. The number of benzene rings is 1. The summed E-state index contributed by atoms with van der Waals surface area (Å²) in [5.74, 6) is 4.99. The van der Waals surface area contributed by atoms with E-state index in [1.165, 1.54) is 63.4 Å². The number of ether oxygens (including phenoxy) is 4. The van der Waals surface area contributed by atoms with Crippen molar-refractivity contribution in [2.24, 2.45) is 40.9 Å². The molecule has 1 aromatic carbocycles. The zero-order chi connectivity index (χ0) is 34.4. The van der Waals surface area contributed by atoms with Gasteiger partial charge in [0.2, 0.25) is 0 Å². The van der Waals surface area contributed by atoms with Crippen molar-refractivity contribution in [3.8, 4) is 5.75 Å². The van der Waals surface area contributed by atoms with Crippen LogP contribution in [0.1, 0.15) is 178 Å². The van der Waals surface area contributed by atoms with Crippen molar-refractivity contribution in [3.63, 3.8) is 0 Å². The summed E-state index contributed by atoms with van der Waals surface area (Å²) in [6.45, 7) is 13.7. The standard InChI is InChI=1S/C44H70O5/c1-30(2)13-10-14-31(3)15-11-16-32(4)17-12-18-36-42-35(25-26-44(5)38(42)23-24-39(44)49-41-20-7-9-28-47-41)34-22-21-33(29-37(34)43(36)45)48-40-19-6-8-27-46-40/h21-22,29-32,35-36,38-42H,6-20,23-28H2,1-5H3/t31-,32-,35-,36+,38+,39+,40?,41?,42+,44+/m1/s1. The lowest BCUT2D eigenvalue weighted by atomic mass is 9.51. The topological polar surface area (TPSA) is 54.0 Å². The van der Waals surface area contributed by atoms with Gasteiger partial charge in [-0.3, -0.25) is 4.79 Å². The second kappa shape index (κ2) is 17.4. The van der Waals surface area contributed by atoms with E-state index in [2.05, 4.69) is 52.8 Å². The Labute approximate surface area is 299 Å². The molecule has 2 unspecified atom stereocenters. The first kappa shape index (κ1) is 37.3. The van der Waals surface area contributed by atoms with Gasteiger partial charge in [0, 0.05) is 24.5 Å². The van der Waals surface area contributed by atoms with E-state index in [0.29, 0.717) is 23.5 Å². The van der Waals surface area contributed by atoms with Crippen LogP contribution in [-0.4, -0.2) is 37.7 Å². The first-order valence-corrected chi connectivity index (χ1v) is 21.0. The lowest BCUT2D eigenvalue weighted by molar-refractivity contribution is -0.213. The summed E-state index contributed by atoms with van der Waals surface area (Å²) >= 11 is 0. The predicted molar refractivity (Wildman–Crippen MR) is 198 cm³/mol. The summed E-state index contributed by atoms with van der Waals surface area (Å²) in [6.07, 6.45) is 22.6. The van der Waals surface area contributed by atoms with Crippen molar-refractivity contribution < 1.29 is 23.7 Å². The molecule has 0 N–H and O–H groups in total. The molecule has 6 rings (SSSR count). The Morgan fingerprint density at radius 2 is 1.47 bits per heavy atom. The molecule has 0 bridgehead atoms. The molecule has 4 fully saturated rings. The van der Waals surface area contributed by atoms with E-state index in [9.17, 15) is 4.79 Å². The van der Waals surface area contributed by atoms with E-state index in [4.69, 9.17) is 18.9 Å². The van der Waals surface area contributed by atoms with Crippen molar-refractivity contribution >= 4 is 5.78 Å². The summed E-state index contributed by atoms with van der Waals surface area (Å²) in [5, 5.41) is 0. The number of rotatable bonds is 16. The molecule has 2 saturated carbocycles. The fraction of sp³-hybridized carbons (Fsp3) is 0.841. The monoisotopic (exact) mass is 679 g/mol. The lowest BCUT2D eigenvalue weighted by Crippen LogP contribution is -2.50. The third-order valence-electron chi connectivity index (χ3n) is 13.7. The average Bonchev–Trinajstić information content (AvgIpc) is 3.42. The number of Topliss-reactive ketones (excluding diaryl/α,β-unsaturated/α-hetero) is 1. The number of hydrogen-bond acceptors (Lipinski definition) is 5. The average molecular weight is 679 g/mol. The van der Waals surface area contributed by atoms with Gasteiger partial charge in [-0.25, -0.2) is 0 Å². The number of hydrogen-bond donors (Lipinski definition) is 0. The minimum Gasteiger partial charge on any atom is -0.465 e. The number of carbonyl (C=O) groups excluding carboxylic acids is 1. The third kappa shape index (κ3) is 9.15. The van der Waals surface area contributed by atoms with Gasteiger partial charge in [-0.05, 0) is 123 Å². The van der Waals surface area contributed by atoms with Crippen LogP contribution in [0.5, 0.6) is 5.75 Å². The fourth-order valence-electron chi connectivity index (χ4n) is 10.8. The number of ketones is 1. The van der Waals surface area contributed by atoms with Crippen molar-refractivity contribution in [2.45, 2.75) is 181 Å². The Morgan fingerprint density at radius 1 is 0.796 bits per heavy atom. The smallest absolute Gasteiger partial charge is 0.199 e. The summed E-state index contributed by atoms with van der Waals surface area (Å²) in [7, 11) is 0. The molecule has 0 amide bonds. The molecular weight excluding hydrogens is 608 g/mol. The molecular formula is C44H70O5. The molecule has 0 radical (unpaired) electrons. The van der Waals surface area contributed by atoms with Crippen LogP contribution >= 0.6 is 0 Å². The quantitative estimate of drug-likeness (QED) is 0.174. The van der Waals surface area contributed by atoms with Crippen LogP contribution < -0.4 is 4.74 Å². The van der Waals surface area contributed by atoms with Crippen molar-refractivity contribution in [1.29, 1.82) is 0 Å². The maximum Gasteiger partial charge on any atom is 0.199 e. The van der Waals surface area contributed by atoms with Gasteiger partial charge in [0.1, 0.15) is 5.75 Å². The largest absolute Gasteiger partial charge is 0.465 e. The summed E-state index contributed by atoms with van der Waals surface area (Å²) in [6, 6.07) is 6.44. The molecule has 2 heterocycles. The molecule has 49 heavy (non-hydrogen) atoms. The van der Waals surface area contributed by atoms with Crippen LogP contribution in [0, 0.1) is 40.9 Å². The Balaban J connectivity index is 1.13. The Kier molecular flexibility index (Phi) is 13.2. The van der Waals surface area contributed by atoms with Gasteiger partial charge in [-0.2, -0.15) is 0 Å². The normalized spacial score (nSPS) is 34.2. The van der Waals surface area contributed by atoms with Crippen LogP contribution in [0.3, 0.4) is 0 Å². The van der Waals surface area contributed by atoms with Crippen LogP contribution in [0.25, 0.3) is 0 Å². The Morgan fingerprint density at radius 3 is 2.14 bits per heavy atom. The molecule has 0 spiro atoms. The highest BCUT2D eigenvalue weighted by atomic mass is 16.7. The van der Waals surface area contributed by atoms with Gasteiger partial charge in [0.25, 0.3) is 0 Å². The molecule has 2 saturated heterocycles. The van der Waals surface area contributed by atoms with Gasteiger partial charge in [-0.1, -0.05) is 92.1 Å². The minimum absolute atomic E-state index is 0.0485. The zero-order valence-electron chi connectivity index (χ0n) is 31.9. The molecule has 1 aromatic rings. The SMILES string of the molecule is CC(C)CCC[C@@H](C)CCC[C@@H](C)CCC[C@@H]1C(=O)c2cc(OC3CCCCO3)ccc2[C@H]2CC[C@]3(C)[C@@H](OC4CCCCO4)CC[C@H]3[C@H]12. The van der Waals surface area contributed by atoms with Crippen LogP contribution in [0.4, 0.5) is 0 Å². The highest BCUT2D eigenvalue weighted by molar-refractivity contribution is 6.01. The second-order valence-corrected chi connectivity index (χ2v) is 17.9. The second-order valence-electron chi connectivity index (χ2n) is 17.9.